The summed E-state index contributed by atoms with van der Waals surface area (Å²) in [6, 6.07) is 3.90. The van der Waals surface area contributed by atoms with Crippen molar-refractivity contribution in [3.8, 4) is 11.5 Å². The van der Waals surface area contributed by atoms with Crippen LogP contribution < -0.4 is 14.7 Å². The van der Waals surface area contributed by atoms with E-state index in [0.717, 1.165) is 26.2 Å². The number of fused-ring (bicyclic) bond motifs is 1. The van der Waals surface area contributed by atoms with Crippen LogP contribution in [0.4, 0.5) is 0 Å². The topological polar surface area (TPSA) is 111 Å². The van der Waals surface area contributed by atoms with E-state index < -0.39 is 12.7 Å². The number of carbonyl (C=O) groups is 1. The molecule has 2 saturated heterocycles. The maximum atomic E-state index is 11.8. The Morgan fingerprint density at radius 2 is 2.15 bits per heavy atom. The molecule has 3 aliphatic heterocycles. The van der Waals surface area contributed by atoms with E-state index in [1.165, 1.54) is 12.8 Å². The van der Waals surface area contributed by atoms with Crippen LogP contribution in [-0.4, -0.2) is 71.1 Å². The molecule has 0 spiro atoms. The standard InChI is InChI=1S/C17H24BN2O6/c21-17(22)15-14(4-3-11-5-6-18(23,24)26-16(11)15)25-13-9-20(10-13)12-2-1-7-19-8-12/h3-4,12-13,19,23-24H,1-2,5-10H2,(H,21,22)/q-1/t12-/m1/s1. The van der Waals surface area contributed by atoms with E-state index in [0.29, 0.717) is 18.0 Å². The zero-order chi connectivity index (χ0) is 18.3. The molecular formula is C17H24BN2O6-. The second-order valence-electron chi connectivity index (χ2n) is 7.44. The molecule has 0 aromatic heterocycles. The maximum absolute atomic E-state index is 11.8. The molecule has 8 nitrogen and oxygen atoms in total. The number of rotatable bonds is 4. The number of nitrogens with zero attached hydrogens (tertiary/aromatic N) is 1. The third-order valence-electron chi connectivity index (χ3n) is 5.47. The number of carboxylic acid groups (broad SMARTS) is 1. The maximum Gasteiger partial charge on any atom is 0.430 e. The summed E-state index contributed by atoms with van der Waals surface area (Å²) in [5.41, 5.74) is 0.521. The van der Waals surface area contributed by atoms with Crippen LogP contribution in [0, 0.1) is 0 Å². The first-order chi connectivity index (χ1) is 12.4. The molecule has 1 atom stereocenters. The largest absolute Gasteiger partial charge is 0.669 e. The van der Waals surface area contributed by atoms with Crippen LogP contribution in [0.3, 0.4) is 0 Å². The van der Waals surface area contributed by atoms with Gasteiger partial charge in [-0.25, -0.2) is 4.79 Å². The van der Waals surface area contributed by atoms with Crippen LogP contribution in [0.5, 0.6) is 11.5 Å². The van der Waals surface area contributed by atoms with Crippen molar-refractivity contribution in [2.45, 2.75) is 37.7 Å². The minimum Gasteiger partial charge on any atom is -0.669 e. The Kier molecular flexibility index (Phi) is 4.56. The fourth-order valence-electron chi connectivity index (χ4n) is 4.00. The Balaban J connectivity index is 1.48. The molecule has 4 rings (SSSR count). The van der Waals surface area contributed by atoms with Crippen LogP contribution in [0.1, 0.15) is 28.8 Å². The summed E-state index contributed by atoms with van der Waals surface area (Å²) in [7, 11) is 0. The van der Waals surface area contributed by atoms with Crippen molar-refractivity contribution < 1.29 is 29.3 Å². The summed E-state index contributed by atoms with van der Waals surface area (Å²) in [6.07, 6.45) is 2.68. The van der Waals surface area contributed by atoms with Crippen LogP contribution in [0.2, 0.25) is 6.32 Å². The first-order valence-electron chi connectivity index (χ1n) is 9.23. The summed E-state index contributed by atoms with van der Waals surface area (Å²) < 4.78 is 11.1. The Morgan fingerprint density at radius 3 is 2.85 bits per heavy atom. The molecule has 3 heterocycles. The van der Waals surface area contributed by atoms with E-state index in [1.807, 2.05) is 0 Å². The summed E-state index contributed by atoms with van der Waals surface area (Å²) in [4.78, 5) is 14.1. The predicted molar refractivity (Wildman–Crippen MR) is 94.6 cm³/mol. The number of likely N-dealkylation sites (tertiary alicyclic amines) is 1. The second-order valence-corrected chi connectivity index (χ2v) is 7.44. The highest BCUT2D eigenvalue weighted by Crippen LogP contribution is 2.39. The van der Waals surface area contributed by atoms with E-state index in [4.69, 9.17) is 9.39 Å². The van der Waals surface area contributed by atoms with Gasteiger partial charge in [0.15, 0.2) is 0 Å². The average molecular weight is 363 g/mol. The molecule has 0 amide bonds. The quantitative estimate of drug-likeness (QED) is 0.556. The second kappa shape index (κ2) is 6.73. The fourth-order valence-corrected chi connectivity index (χ4v) is 4.00. The van der Waals surface area contributed by atoms with Crippen molar-refractivity contribution >= 4 is 12.7 Å². The fraction of sp³-hybridized carbons (Fsp3) is 0.588. The normalized spacial score (nSPS) is 25.7. The number of ether oxygens (including phenoxy) is 1. The van der Waals surface area contributed by atoms with Gasteiger partial charge in [0, 0.05) is 25.7 Å². The van der Waals surface area contributed by atoms with Gasteiger partial charge < -0.3 is 29.9 Å². The molecular weight excluding hydrogens is 339 g/mol. The molecule has 9 heteroatoms. The van der Waals surface area contributed by atoms with Crippen LogP contribution in [0.25, 0.3) is 0 Å². The van der Waals surface area contributed by atoms with Crippen molar-refractivity contribution in [2.24, 2.45) is 0 Å². The van der Waals surface area contributed by atoms with Crippen molar-refractivity contribution in [1.82, 2.24) is 10.2 Å². The molecule has 26 heavy (non-hydrogen) atoms. The summed E-state index contributed by atoms with van der Waals surface area (Å²) >= 11 is 0. The first kappa shape index (κ1) is 17.6. The zero-order valence-electron chi connectivity index (χ0n) is 14.6. The summed E-state index contributed by atoms with van der Waals surface area (Å²) in [6.45, 7) is 0.553. The minimum atomic E-state index is -3.02. The van der Waals surface area contributed by atoms with E-state index in [9.17, 15) is 19.9 Å². The molecule has 0 unspecified atom stereocenters. The lowest BCUT2D eigenvalue weighted by molar-refractivity contribution is -0.0156. The number of carboxylic acids is 1. The molecule has 0 radical (unpaired) electrons. The molecule has 0 aliphatic carbocycles. The molecule has 0 bridgehead atoms. The van der Waals surface area contributed by atoms with Crippen LogP contribution in [0.15, 0.2) is 12.1 Å². The third-order valence-corrected chi connectivity index (χ3v) is 5.47. The SMILES string of the molecule is O=C(O)c1c(OC2CN([C@@H]3CCCNC3)C2)ccc2c1O[B-](O)(O)CC2. The summed E-state index contributed by atoms with van der Waals surface area (Å²) in [5, 5.41) is 32.6. The number of aryl methyl sites for hydroxylation is 1. The van der Waals surface area contributed by atoms with Gasteiger partial charge in [0.2, 0.25) is 0 Å². The van der Waals surface area contributed by atoms with Crippen LogP contribution in [-0.2, 0) is 6.42 Å². The monoisotopic (exact) mass is 363 g/mol. The average Bonchev–Trinajstić information content (AvgIpc) is 2.56. The lowest BCUT2D eigenvalue weighted by Crippen LogP contribution is -2.60. The molecule has 1 aromatic carbocycles. The van der Waals surface area contributed by atoms with E-state index in [-0.39, 0.29) is 29.5 Å². The molecule has 142 valence electrons. The third kappa shape index (κ3) is 3.39. The number of hydrogen-bond donors (Lipinski definition) is 4. The van der Waals surface area contributed by atoms with Gasteiger partial charge in [0.1, 0.15) is 17.4 Å². The van der Waals surface area contributed by atoms with Gasteiger partial charge in [-0.3, -0.25) is 4.90 Å². The minimum absolute atomic E-state index is 0.0129. The van der Waals surface area contributed by atoms with Gasteiger partial charge in [0.05, 0.1) is 5.75 Å². The van der Waals surface area contributed by atoms with Gasteiger partial charge in [-0.15, -0.1) is 0 Å². The van der Waals surface area contributed by atoms with Crippen molar-refractivity contribution in [2.75, 3.05) is 26.2 Å². The first-order valence-corrected chi connectivity index (χ1v) is 9.23. The van der Waals surface area contributed by atoms with Crippen molar-refractivity contribution in [3.63, 3.8) is 0 Å². The van der Waals surface area contributed by atoms with Gasteiger partial charge in [-0.2, -0.15) is 0 Å². The number of hydrogen-bond acceptors (Lipinski definition) is 7. The smallest absolute Gasteiger partial charge is 0.430 e. The van der Waals surface area contributed by atoms with E-state index in [2.05, 4.69) is 10.2 Å². The molecule has 3 aliphatic rings. The molecule has 0 saturated carbocycles. The lowest BCUT2D eigenvalue weighted by Gasteiger charge is -2.45. The number of benzene rings is 1. The zero-order valence-corrected chi connectivity index (χ0v) is 14.6. The number of aromatic carboxylic acids is 1. The number of nitrogens with one attached hydrogen (secondary N) is 1. The Hall–Kier alpha value is -1.81. The van der Waals surface area contributed by atoms with Gasteiger partial charge >= 0.3 is 12.7 Å². The Morgan fingerprint density at radius 1 is 1.35 bits per heavy atom. The molecule has 4 N–H and O–H groups in total. The predicted octanol–water partition coefficient (Wildman–Crippen LogP) is 0.0582. The Labute approximate surface area is 151 Å². The highest BCUT2D eigenvalue weighted by Gasteiger charge is 2.37. The summed E-state index contributed by atoms with van der Waals surface area (Å²) in [5.74, 6) is -0.965. The molecule has 2 fully saturated rings. The van der Waals surface area contributed by atoms with Crippen molar-refractivity contribution in [1.29, 1.82) is 0 Å². The highest BCUT2D eigenvalue weighted by molar-refractivity contribution is 6.59. The highest BCUT2D eigenvalue weighted by atomic mass is 16.6. The van der Waals surface area contributed by atoms with E-state index >= 15 is 0 Å². The van der Waals surface area contributed by atoms with Gasteiger partial charge in [0.25, 0.3) is 0 Å². The molecule has 1 aromatic rings. The van der Waals surface area contributed by atoms with Gasteiger partial charge in [-0.05, 0) is 37.4 Å². The van der Waals surface area contributed by atoms with Crippen LogP contribution >= 0.6 is 0 Å². The lowest BCUT2D eigenvalue weighted by atomic mass is 9.70. The van der Waals surface area contributed by atoms with Crippen molar-refractivity contribution in [3.05, 3.63) is 23.3 Å². The van der Waals surface area contributed by atoms with E-state index in [1.54, 1.807) is 12.1 Å². The number of piperidine rings is 1. The van der Waals surface area contributed by atoms with Gasteiger partial charge in [-0.1, -0.05) is 12.4 Å². The Bertz CT molecular complexity index is 701.